The summed E-state index contributed by atoms with van der Waals surface area (Å²) in [5.41, 5.74) is 1.50. The number of aromatic nitrogens is 2. The largest absolute Gasteiger partial charge is 0.358 e. The number of hydrogen-bond donors (Lipinski definition) is 1. The third-order valence-electron chi connectivity index (χ3n) is 4.45. The van der Waals surface area contributed by atoms with E-state index in [4.69, 9.17) is 0 Å². The number of carbonyl (C=O) groups excluding carboxylic acids is 2. The summed E-state index contributed by atoms with van der Waals surface area (Å²) in [6.07, 6.45) is 3.60. The molecule has 0 radical (unpaired) electrons. The standard InChI is InChI=1S/C18H23N5O2S/c1-19-16(24)13-21-8-10-22(11-9-21)17(25)15-12-20-18(26-2)23(15)14-6-4-3-5-7-14/h3-7,12H,8-11,13H2,1-2H3,(H,19,24). The molecule has 1 aliphatic heterocycles. The Balaban J connectivity index is 1.75. The molecule has 2 amide bonds. The zero-order valence-corrected chi connectivity index (χ0v) is 15.8. The molecule has 1 aromatic carbocycles. The van der Waals surface area contributed by atoms with Gasteiger partial charge in [0.25, 0.3) is 5.91 Å². The Labute approximate surface area is 157 Å². The summed E-state index contributed by atoms with van der Waals surface area (Å²) in [4.78, 5) is 32.9. The second-order valence-corrected chi connectivity index (χ2v) is 6.82. The topological polar surface area (TPSA) is 70.5 Å². The lowest BCUT2D eigenvalue weighted by molar-refractivity contribution is -0.122. The fraction of sp³-hybridized carbons (Fsp3) is 0.389. The molecule has 0 unspecified atom stereocenters. The van der Waals surface area contributed by atoms with Crippen LogP contribution < -0.4 is 5.32 Å². The summed E-state index contributed by atoms with van der Waals surface area (Å²) >= 11 is 1.51. The zero-order valence-electron chi connectivity index (χ0n) is 15.0. The van der Waals surface area contributed by atoms with E-state index < -0.39 is 0 Å². The van der Waals surface area contributed by atoms with Crippen molar-refractivity contribution in [1.29, 1.82) is 0 Å². The molecule has 0 spiro atoms. The first kappa shape index (κ1) is 18.5. The van der Waals surface area contributed by atoms with E-state index in [9.17, 15) is 9.59 Å². The minimum absolute atomic E-state index is 0.00320. The summed E-state index contributed by atoms with van der Waals surface area (Å²) in [5, 5.41) is 3.42. The van der Waals surface area contributed by atoms with E-state index in [1.165, 1.54) is 11.8 Å². The highest BCUT2D eigenvalue weighted by Gasteiger charge is 2.26. The number of imidazole rings is 1. The van der Waals surface area contributed by atoms with E-state index in [0.29, 0.717) is 38.4 Å². The van der Waals surface area contributed by atoms with Crippen LogP contribution in [0.2, 0.25) is 0 Å². The number of rotatable bonds is 5. The number of amides is 2. The van der Waals surface area contributed by atoms with Crippen LogP contribution in [0.5, 0.6) is 0 Å². The first-order chi connectivity index (χ1) is 12.6. The summed E-state index contributed by atoms with van der Waals surface area (Å²) in [5.74, 6) is -0.0298. The number of hydrogen-bond acceptors (Lipinski definition) is 5. The molecule has 1 aromatic heterocycles. The molecule has 2 aromatic rings. The number of likely N-dealkylation sites (N-methyl/N-ethyl adjacent to an activating group) is 1. The molecule has 138 valence electrons. The monoisotopic (exact) mass is 373 g/mol. The van der Waals surface area contributed by atoms with E-state index in [0.717, 1.165) is 10.8 Å². The van der Waals surface area contributed by atoms with Crippen molar-refractivity contribution in [2.75, 3.05) is 46.0 Å². The third kappa shape index (κ3) is 3.91. The van der Waals surface area contributed by atoms with Crippen molar-refractivity contribution in [2.45, 2.75) is 5.16 Å². The van der Waals surface area contributed by atoms with Gasteiger partial charge in [-0.25, -0.2) is 4.98 Å². The van der Waals surface area contributed by atoms with Gasteiger partial charge in [-0.3, -0.25) is 19.1 Å². The Hall–Kier alpha value is -2.32. The van der Waals surface area contributed by atoms with Gasteiger partial charge < -0.3 is 10.2 Å². The maximum absolute atomic E-state index is 13.1. The number of piperazine rings is 1. The molecule has 8 heteroatoms. The minimum Gasteiger partial charge on any atom is -0.358 e. The van der Waals surface area contributed by atoms with Gasteiger partial charge in [0.05, 0.1) is 12.7 Å². The molecule has 0 atom stereocenters. The van der Waals surface area contributed by atoms with Crippen molar-refractivity contribution < 1.29 is 9.59 Å². The second-order valence-electron chi connectivity index (χ2n) is 6.04. The van der Waals surface area contributed by atoms with Crippen molar-refractivity contribution in [1.82, 2.24) is 24.7 Å². The van der Waals surface area contributed by atoms with Gasteiger partial charge in [0.15, 0.2) is 5.16 Å². The predicted molar refractivity (Wildman–Crippen MR) is 102 cm³/mol. The lowest BCUT2D eigenvalue weighted by Crippen LogP contribution is -2.51. The van der Waals surface area contributed by atoms with Crippen molar-refractivity contribution in [3.63, 3.8) is 0 Å². The second kappa shape index (κ2) is 8.37. The molecule has 3 rings (SSSR count). The van der Waals surface area contributed by atoms with Crippen LogP contribution in [0.4, 0.5) is 0 Å². The highest BCUT2D eigenvalue weighted by Crippen LogP contribution is 2.23. The molecule has 0 aliphatic carbocycles. The van der Waals surface area contributed by atoms with Gasteiger partial charge in [0, 0.05) is 38.9 Å². The smallest absolute Gasteiger partial charge is 0.272 e. The molecule has 1 saturated heterocycles. The number of carbonyl (C=O) groups is 2. The average Bonchev–Trinajstić information content (AvgIpc) is 3.12. The Kier molecular flexibility index (Phi) is 5.95. The van der Waals surface area contributed by atoms with Gasteiger partial charge in [-0.2, -0.15) is 0 Å². The highest BCUT2D eigenvalue weighted by molar-refractivity contribution is 7.98. The van der Waals surface area contributed by atoms with Crippen LogP contribution in [0, 0.1) is 0 Å². The van der Waals surface area contributed by atoms with Crippen LogP contribution in [-0.2, 0) is 4.79 Å². The molecule has 1 fully saturated rings. The summed E-state index contributed by atoms with van der Waals surface area (Å²) in [6.45, 7) is 2.95. The number of nitrogens with zero attached hydrogens (tertiary/aromatic N) is 4. The lowest BCUT2D eigenvalue weighted by Gasteiger charge is -2.34. The lowest BCUT2D eigenvalue weighted by atomic mass is 10.2. The molecule has 2 heterocycles. The quantitative estimate of drug-likeness (QED) is 0.795. The van der Waals surface area contributed by atoms with Gasteiger partial charge in [0.1, 0.15) is 5.69 Å². The molecular formula is C18H23N5O2S. The van der Waals surface area contributed by atoms with Crippen LogP contribution in [0.25, 0.3) is 5.69 Å². The zero-order chi connectivity index (χ0) is 18.5. The molecule has 7 nitrogen and oxygen atoms in total. The van der Waals surface area contributed by atoms with Crippen LogP contribution >= 0.6 is 11.8 Å². The van der Waals surface area contributed by atoms with Gasteiger partial charge in [-0.05, 0) is 18.4 Å². The van der Waals surface area contributed by atoms with Crippen molar-refractivity contribution in [3.8, 4) is 5.69 Å². The van der Waals surface area contributed by atoms with Gasteiger partial charge in [-0.1, -0.05) is 30.0 Å². The Morgan fingerprint density at radius 1 is 1.15 bits per heavy atom. The fourth-order valence-electron chi connectivity index (χ4n) is 3.01. The maximum Gasteiger partial charge on any atom is 0.272 e. The minimum atomic E-state index is -0.0266. The predicted octanol–water partition coefficient (Wildman–Crippen LogP) is 1.10. The summed E-state index contributed by atoms with van der Waals surface area (Å²) in [7, 11) is 1.64. The van der Waals surface area contributed by atoms with E-state index in [-0.39, 0.29) is 11.8 Å². The number of benzene rings is 1. The Bertz CT molecular complexity index is 769. The van der Waals surface area contributed by atoms with E-state index in [1.54, 1.807) is 13.2 Å². The van der Waals surface area contributed by atoms with Crippen molar-refractivity contribution in [2.24, 2.45) is 0 Å². The maximum atomic E-state index is 13.1. The average molecular weight is 373 g/mol. The van der Waals surface area contributed by atoms with Gasteiger partial charge in [-0.15, -0.1) is 0 Å². The van der Waals surface area contributed by atoms with E-state index in [2.05, 4.69) is 15.2 Å². The van der Waals surface area contributed by atoms with Gasteiger partial charge >= 0.3 is 0 Å². The van der Waals surface area contributed by atoms with Crippen LogP contribution in [-0.4, -0.2) is 77.2 Å². The molecule has 1 aliphatic rings. The molecule has 26 heavy (non-hydrogen) atoms. The summed E-state index contributed by atoms with van der Waals surface area (Å²) < 4.78 is 1.91. The SMILES string of the molecule is CNC(=O)CN1CCN(C(=O)c2cnc(SC)n2-c2ccccc2)CC1. The first-order valence-electron chi connectivity index (χ1n) is 8.53. The summed E-state index contributed by atoms with van der Waals surface area (Å²) in [6, 6.07) is 9.79. The number of para-hydroxylation sites is 1. The van der Waals surface area contributed by atoms with Crippen LogP contribution in [0.15, 0.2) is 41.7 Å². The molecular weight excluding hydrogens is 350 g/mol. The highest BCUT2D eigenvalue weighted by atomic mass is 32.2. The number of thioether (sulfide) groups is 1. The Morgan fingerprint density at radius 2 is 1.85 bits per heavy atom. The fourth-order valence-corrected chi connectivity index (χ4v) is 3.55. The first-order valence-corrected chi connectivity index (χ1v) is 9.76. The molecule has 0 bridgehead atoms. The van der Waals surface area contributed by atoms with E-state index in [1.807, 2.05) is 46.1 Å². The Morgan fingerprint density at radius 3 is 2.46 bits per heavy atom. The van der Waals surface area contributed by atoms with Crippen molar-refractivity contribution >= 4 is 23.6 Å². The van der Waals surface area contributed by atoms with Crippen LogP contribution in [0.1, 0.15) is 10.5 Å². The normalized spacial score (nSPS) is 15.1. The molecule has 0 saturated carbocycles. The third-order valence-corrected chi connectivity index (χ3v) is 5.10. The van der Waals surface area contributed by atoms with Crippen molar-refractivity contribution in [3.05, 3.63) is 42.2 Å². The van der Waals surface area contributed by atoms with E-state index >= 15 is 0 Å². The number of nitrogens with one attached hydrogen (secondary N) is 1. The van der Waals surface area contributed by atoms with Crippen LogP contribution in [0.3, 0.4) is 0 Å². The molecule has 1 N–H and O–H groups in total. The van der Waals surface area contributed by atoms with Gasteiger partial charge in [0.2, 0.25) is 5.91 Å².